The molecule has 1 N–H and O–H groups in total. The maximum absolute atomic E-state index is 12.5. The van der Waals surface area contributed by atoms with Crippen molar-refractivity contribution in [2.24, 2.45) is 0 Å². The summed E-state index contributed by atoms with van der Waals surface area (Å²) in [6.45, 7) is 3.50. The molecule has 5 heteroatoms. The first kappa shape index (κ1) is 18.9. The van der Waals surface area contributed by atoms with Crippen LogP contribution in [0.1, 0.15) is 29.5 Å². The number of hydrogen-bond acceptors (Lipinski definition) is 3. The van der Waals surface area contributed by atoms with Crippen molar-refractivity contribution in [3.05, 3.63) is 71.3 Å². The van der Waals surface area contributed by atoms with Gasteiger partial charge < -0.3 is 10.2 Å². The van der Waals surface area contributed by atoms with Crippen LogP contribution in [0, 0.1) is 11.3 Å². The maximum atomic E-state index is 12.5. The number of carbonyl (C=O) groups is 1. The average molecular weight is 362 g/mol. The molecule has 0 saturated carbocycles. The van der Waals surface area contributed by atoms with Gasteiger partial charge in [0.25, 0.3) is 0 Å². The number of rotatable bonds is 5. The van der Waals surface area contributed by atoms with Crippen LogP contribution < -0.4 is 5.32 Å². The van der Waals surface area contributed by atoms with Crippen molar-refractivity contribution in [1.29, 1.82) is 5.26 Å². The number of piperidine rings is 1. The van der Waals surface area contributed by atoms with Gasteiger partial charge in [0.15, 0.2) is 0 Å². The molecule has 0 aliphatic carbocycles. The van der Waals surface area contributed by atoms with Crippen LogP contribution in [0.3, 0.4) is 0 Å². The Labute approximate surface area is 161 Å². The lowest BCUT2D eigenvalue weighted by Crippen LogP contribution is -2.48. The zero-order chi connectivity index (χ0) is 19.1. The van der Waals surface area contributed by atoms with Gasteiger partial charge in [0.2, 0.25) is 0 Å². The van der Waals surface area contributed by atoms with E-state index < -0.39 is 0 Å². The van der Waals surface area contributed by atoms with Crippen LogP contribution in [0.2, 0.25) is 0 Å². The van der Waals surface area contributed by atoms with Crippen molar-refractivity contribution in [2.75, 3.05) is 20.1 Å². The zero-order valence-corrected chi connectivity index (χ0v) is 15.8. The van der Waals surface area contributed by atoms with E-state index in [1.54, 1.807) is 24.1 Å². The molecule has 2 aromatic rings. The number of carbonyl (C=O) groups excluding carboxylic acids is 1. The van der Waals surface area contributed by atoms with Crippen LogP contribution in [0.5, 0.6) is 0 Å². The summed E-state index contributed by atoms with van der Waals surface area (Å²) in [5.74, 6) is 0. The number of nitrogens with one attached hydrogen (secondary N) is 1. The molecule has 3 rings (SSSR count). The first-order chi connectivity index (χ1) is 13.1. The molecule has 2 amide bonds. The van der Waals surface area contributed by atoms with E-state index in [1.165, 1.54) is 5.56 Å². The van der Waals surface area contributed by atoms with E-state index in [0.717, 1.165) is 38.0 Å². The van der Waals surface area contributed by atoms with Gasteiger partial charge in [-0.1, -0.05) is 42.5 Å². The van der Waals surface area contributed by atoms with Crippen LogP contribution in [0.4, 0.5) is 4.79 Å². The molecule has 5 nitrogen and oxygen atoms in total. The van der Waals surface area contributed by atoms with E-state index in [2.05, 4.69) is 40.6 Å². The molecule has 2 aromatic carbocycles. The number of amides is 2. The lowest BCUT2D eigenvalue weighted by molar-refractivity contribution is 0.173. The first-order valence-corrected chi connectivity index (χ1v) is 9.41. The second-order valence-electron chi connectivity index (χ2n) is 7.15. The van der Waals surface area contributed by atoms with E-state index in [4.69, 9.17) is 5.26 Å². The monoisotopic (exact) mass is 362 g/mol. The summed E-state index contributed by atoms with van der Waals surface area (Å²) in [7, 11) is 1.80. The standard InChI is InChI=1S/C22H26N4O/c1-25(16-20-9-7-18(15-23)8-10-20)22(27)24-21-11-13-26(14-12-21)17-19-5-3-2-4-6-19/h2-10,21H,11-14,16-17H2,1H3,(H,24,27). The summed E-state index contributed by atoms with van der Waals surface area (Å²) < 4.78 is 0. The highest BCUT2D eigenvalue weighted by Gasteiger charge is 2.22. The van der Waals surface area contributed by atoms with E-state index in [9.17, 15) is 4.79 Å². The van der Waals surface area contributed by atoms with Gasteiger partial charge in [0, 0.05) is 39.3 Å². The molecular formula is C22H26N4O. The number of urea groups is 1. The van der Waals surface area contributed by atoms with Crippen LogP contribution in [0.25, 0.3) is 0 Å². The fourth-order valence-electron chi connectivity index (χ4n) is 3.39. The largest absolute Gasteiger partial charge is 0.335 e. The Morgan fingerprint density at radius 3 is 2.41 bits per heavy atom. The summed E-state index contributed by atoms with van der Waals surface area (Å²) in [5, 5.41) is 12.0. The molecule has 1 saturated heterocycles. The lowest BCUT2D eigenvalue weighted by atomic mass is 10.0. The maximum Gasteiger partial charge on any atom is 0.317 e. The number of benzene rings is 2. The second kappa shape index (κ2) is 9.20. The van der Waals surface area contributed by atoms with Crippen molar-refractivity contribution in [2.45, 2.75) is 32.0 Å². The van der Waals surface area contributed by atoms with Gasteiger partial charge in [0.05, 0.1) is 11.6 Å². The number of likely N-dealkylation sites (tertiary alicyclic amines) is 1. The molecule has 0 aromatic heterocycles. The highest BCUT2D eigenvalue weighted by molar-refractivity contribution is 5.74. The molecular weight excluding hydrogens is 336 g/mol. The van der Waals surface area contributed by atoms with Crippen LogP contribution in [-0.4, -0.2) is 42.0 Å². The third kappa shape index (κ3) is 5.57. The van der Waals surface area contributed by atoms with E-state index >= 15 is 0 Å². The smallest absolute Gasteiger partial charge is 0.317 e. The van der Waals surface area contributed by atoms with Gasteiger partial charge >= 0.3 is 6.03 Å². The van der Waals surface area contributed by atoms with Gasteiger partial charge in [-0.15, -0.1) is 0 Å². The minimum Gasteiger partial charge on any atom is -0.335 e. The average Bonchev–Trinajstić information content (AvgIpc) is 2.71. The van der Waals surface area contributed by atoms with Crippen molar-refractivity contribution < 1.29 is 4.79 Å². The summed E-state index contributed by atoms with van der Waals surface area (Å²) >= 11 is 0. The fraction of sp³-hybridized carbons (Fsp3) is 0.364. The molecule has 0 atom stereocenters. The molecule has 1 fully saturated rings. The first-order valence-electron chi connectivity index (χ1n) is 9.41. The third-order valence-corrected chi connectivity index (χ3v) is 5.01. The van der Waals surface area contributed by atoms with Gasteiger partial charge in [-0.3, -0.25) is 4.90 Å². The molecule has 1 heterocycles. The van der Waals surface area contributed by atoms with E-state index in [-0.39, 0.29) is 12.1 Å². The summed E-state index contributed by atoms with van der Waals surface area (Å²) in [6.07, 6.45) is 1.95. The van der Waals surface area contributed by atoms with Gasteiger partial charge in [-0.05, 0) is 36.1 Å². The van der Waals surface area contributed by atoms with E-state index in [1.807, 2.05) is 18.2 Å². The molecule has 1 aliphatic rings. The second-order valence-corrected chi connectivity index (χ2v) is 7.15. The molecule has 0 bridgehead atoms. The minimum absolute atomic E-state index is 0.0409. The Morgan fingerprint density at radius 1 is 1.11 bits per heavy atom. The Morgan fingerprint density at radius 2 is 1.78 bits per heavy atom. The SMILES string of the molecule is CN(Cc1ccc(C#N)cc1)C(=O)NC1CCN(Cc2ccccc2)CC1. The summed E-state index contributed by atoms with van der Waals surface area (Å²) in [4.78, 5) is 16.6. The molecule has 0 spiro atoms. The van der Waals surface area contributed by atoms with Gasteiger partial charge in [0.1, 0.15) is 0 Å². The Hall–Kier alpha value is -2.84. The van der Waals surface area contributed by atoms with Gasteiger partial charge in [-0.2, -0.15) is 5.26 Å². The Bertz CT molecular complexity index is 774. The van der Waals surface area contributed by atoms with Crippen LogP contribution >= 0.6 is 0 Å². The van der Waals surface area contributed by atoms with Crippen molar-refractivity contribution in [3.63, 3.8) is 0 Å². The highest BCUT2D eigenvalue weighted by atomic mass is 16.2. The highest BCUT2D eigenvalue weighted by Crippen LogP contribution is 2.14. The topological polar surface area (TPSA) is 59.4 Å². The number of hydrogen-bond donors (Lipinski definition) is 1. The summed E-state index contributed by atoms with van der Waals surface area (Å²) in [5.41, 5.74) is 2.99. The van der Waals surface area contributed by atoms with Crippen molar-refractivity contribution in [1.82, 2.24) is 15.1 Å². The zero-order valence-electron chi connectivity index (χ0n) is 15.8. The normalized spacial score (nSPS) is 15.1. The van der Waals surface area contributed by atoms with E-state index in [0.29, 0.717) is 12.1 Å². The molecule has 0 unspecified atom stereocenters. The fourth-order valence-corrected chi connectivity index (χ4v) is 3.39. The summed E-state index contributed by atoms with van der Waals surface area (Å²) in [6, 6.07) is 20.2. The molecule has 1 aliphatic heterocycles. The minimum atomic E-state index is -0.0409. The van der Waals surface area contributed by atoms with Crippen molar-refractivity contribution in [3.8, 4) is 6.07 Å². The number of nitriles is 1. The van der Waals surface area contributed by atoms with Gasteiger partial charge in [-0.25, -0.2) is 4.79 Å². The molecule has 27 heavy (non-hydrogen) atoms. The number of nitrogens with zero attached hydrogens (tertiary/aromatic N) is 3. The third-order valence-electron chi connectivity index (χ3n) is 5.01. The van der Waals surface area contributed by atoms with Crippen LogP contribution in [-0.2, 0) is 13.1 Å². The lowest BCUT2D eigenvalue weighted by Gasteiger charge is -2.33. The van der Waals surface area contributed by atoms with Crippen molar-refractivity contribution >= 4 is 6.03 Å². The quantitative estimate of drug-likeness (QED) is 0.887. The molecule has 140 valence electrons. The Balaban J connectivity index is 1.42. The predicted octanol–water partition coefficient (Wildman–Crippen LogP) is 3.36. The Kier molecular flexibility index (Phi) is 6.45. The molecule has 0 radical (unpaired) electrons. The predicted molar refractivity (Wildman–Crippen MR) is 106 cm³/mol. The van der Waals surface area contributed by atoms with Crippen LogP contribution in [0.15, 0.2) is 54.6 Å².